The quantitative estimate of drug-likeness (QED) is 0.159. The molecule has 2 fully saturated rings. The molecular weight excluding hydrogens is 625 g/mol. The van der Waals surface area contributed by atoms with Crippen LogP contribution in [0.4, 0.5) is 18.9 Å². The number of anilines is 1. The SMILES string of the molecule is C=CCN(C(=O)c1ccc(N2CCN(CCCCC3(C(=O)NCC(F)(F)F)c4ccccc4-c4ccccc43)CC2)cc1)C1CCCCC1. The Bertz CT molecular complexity index is 1560. The third-order valence-corrected chi connectivity index (χ3v) is 10.6. The van der Waals surface area contributed by atoms with Crippen LogP contribution in [0.5, 0.6) is 0 Å². The number of unbranched alkanes of at least 4 members (excludes halogenated alkanes) is 1. The predicted molar refractivity (Wildman–Crippen MR) is 189 cm³/mol. The summed E-state index contributed by atoms with van der Waals surface area (Å²) in [6.07, 6.45) is 4.99. The Hall–Kier alpha value is -4.11. The average molecular weight is 673 g/mol. The van der Waals surface area contributed by atoms with Gasteiger partial charge in [-0.15, -0.1) is 6.58 Å². The summed E-state index contributed by atoms with van der Waals surface area (Å²) in [5, 5.41) is 2.23. The Morgan fingerprint density at radius 1 is 0.857 bits per heavy atom. The number of halogens is 3. The van der Waals surface area contributed by atoms with Gasteiger partial charge in [0.2, 0.25) is 5.91 Å². The van der Waals surface area contributed by atoms with Crippen molar-refractivity contribution >= 4 is 17.5 Å². The van der Waals surface area contributed by atoms with Gasteiger partial charge in [0.15, 0.2) is 0 Å². The van der Waals surface area contributed by atoms with Crippen LogP contribution in [-0.4, -0.2) is 79.6 Å². The van der Waals surface area contributed by atoms with Crippen LogP contribution in [0.2, 0.25) is 0 Å². The summed E-state index contributed by atoms with van der Waals surface area (Å²) in [7, 11) is 0. The van der Waals surface area contributed by atoms with E-state index in [2.05, 4.69) is 33.8 Å². The molecule has 2 aliphatic carbocycles. The van der Waals surface area contributed by atoms with E-state index in [-0.39, 0.29) is 11.9 Å². The summed E-state index contributed by atoms with van der Waals surface area (Å²) >= 11 is 0. The van der Waals surface area contributed by atoms with Crippen molar-refractivity contribution < 1.29 is 22.8 Å². The normalized spacial score (nSPS) is 17.7. The second-order valence-electron chi connectivity index (χ2n) is 13.7. The van der Waals surface area contributed by atoms with Gasteiger partial charge in [0.05, 0.1) is 0 Å². The van der Waals surface area contributed by atoms with Crippen molar-refractivity contribution in [3.8, 4) is 11.1 Å². The number of carbonyl (C=O) groups is 2. The van der Waals surface area contributed by atoms with Crippen LogP contribution >= 0.6 is 0 Å². The number of fused-ring (bicyclic) bond motifs is 3. The summed E-state index contributed by atoms with van der Waals surface area (Å²) in [4.78, 5) is 33.9. The average Bonchev–Trinajstić information content (AvgIpc) is 3.42. The number of amides is 2. The standard InChI is InChI=1S/C40H47F3N4O2/c1-2-23-47(32-12-4-3-5-13-32)37(48)30-18-20-31(21-19-30)46-27-25-45(26-28-46)24-11-10-22-39(38(49)44-29-40(41,42)43)35-16-8-6-14-33(35)34-15-7-9-17-36(34)39/h2,6-9,14-21,32H,1,3-5,10-13,22-29H2,(H,44,49). The van der Waals surface area contributed by atoms with E-state index in [1.54, 1.807) is 0 Å². The fourth-order valence-corrected chi connectivity index (χ4v) is 8.15. The molecule has 9 heteroatoms. The van der Waals surface area contributed by atoms with Crippen molar-refractivity contribution in [3.05, 3.63) is 102 Å². The van der Waals surface area contributed by atoms with Gasteiger partial charge in [-0.2, -0.15) is 13.2 Å². The van der Waals surface area contributed by atoms with Crippen LogP contribution < -0.4 is 10.2 Å². The summed E-state index contributed by atoms with van der Waals surface area (Å²) in [5.74, 6) is -0.515. The number of rotatable bonds is 12. The highest BCUT2D eigenvalue weighted by Crippen LogP contribution is 2.51. The highest BCUT2D eigenvalue weighted by molar-refractivity contribution is 6.00. The highest BCUT2D eigenvalue weighted by Gasteiger charge is 2.49. The lowest BCUT2D eigenvalue weighted by Gasteiger charge is -2.36. The van der Waals surface area contributed by atoms with Gasteiger partial charge >= 0.3 is 6.18 Å². The lowest BCUT2D eigenvalue weighted by Crippen LogP contribution is -2.47. The Kier molecular flexibility index (Phi) is 10.8. The molecule has 1 heterocycles. The largest absolute Gasteiger partial charge is 0.405 e. The molecular formula is C40H47F3N4O2. The van der Waals surface area contributed by atoms with E-state index >= 15 is 0 Å². The predicted octanol–water partition coefficient (Wildman–Crippen LogP) is 7.59. The fourth-order valence-electron chi connectivity index (χ4n) is 8.15. The van der Waals surface area contributed by atoms with E-state index in [9.17, 15) is 22.8 Å². The maximum Gasteiger partial charge on any atom is 0.405 e. The molecule has 0 spiro atoms. The van der Waals surface area contributed by atoms with Gasteiger partial charge in [0.25, 0.3) is 5.91 Å². The molecule has 0 atom stereocenters. The third kappa shape index (κ3) is 7.57. The molecule has 260 valence electrons. The van der Waals surface area contributed by atoms with Crippen molar-refractivity contribution in [3.63, 3.8) is 0 Å². The molecule has 0 radical (unpaired) electrons. The molecule has 2 amide bonds. The minimum Gasteiger partial charge on any atom is -0.369 e. The summed E-state index contributed by atoms with van der Waals surface area (Å²) in [6.45, 7) is 7.45. The minimum absolute atomic E-state index is 0.0763. The second kappa shape index (κ2) is 15.2. The number of hydrogen-bond acceptors (Lipinski definition) is 4. The zero-order valence-corrected chi connectivity index (χ0v) is 28.2. The smallest absolute Gasteiger partial charge is 0.369 e. The van der Waals surface area contributed by atoms with Gasteiger partial charge in [-0.3, -0.25) is 14.5 Å². The lowest BCUT2D eigenvalue weighted by molar-refractivity contribution is -0.141. The lowest BCUT2D eigenvalue weighted by atomic mass is 9.73. The zero-order valence-electron chi connectivity index (χ0n) is 28.2. The maximum absolute atomic E-state index is 13.7. The van der Waals surface area contributed by atoms with E-state index in [4.69, 9.17) is 0 Å². The summed E-state index contributed by atoms with van der Waals surface area (Å²) in [6, 6.07) is 23.5. The topological polar surface area (TPSA) is 55.9 Å². The molecule has 6 nitrogen and oxygen atoms in total. The number of nitrogens with one attached hydrogen (secondary N) is 1. The van der Waals surface area contributed by atoms with Gasteiger partial charge in [-0.25, -0.2) is 0 Å². The zero-order chi connectivity index (χ0) is 34.4. The van der Waals surface area contributed by atoms with Crippen LogP contribution in [0, 0.1) is 0 Å². The maximum atomic E-state index is 13.7. The molecule has 6 rings (SSSR count). The van der Waals surface area contributed by atoms with E-state index in [0.29, 0.717) is 24.9 Å². The molecule has 0 aromatic heterocycles. The number of piperazine rings is 1. The Balaban J connectivity index is 1.04. The molecule has 3 aromatic rings. The second-order valence-corrected chi connectivity index (χ2v) is 13.7. The first-order valence-corrected chi connectivity index (χ1v) is 17.7. The Morgan fingerprint density at radius 3 is 2.06 bits per heavy atom. The highest BCUT2D eigenvalue weighted by atomic mass is 19.4. The molecule has 1 aliphatic heterocycles. The number of carbonyl (C=O) groups excluding carboxylic acids is 2. The van der Waals surface area contributed by atoms with Gasteiger partial charge in [-0.05, 0) is 78.7 Å². The van der Waals surface area contributed by atoms with E-state index in [1.165, 1.54) is 19.3 Å². The minimum atomic E-state index is -4.49. The van der Waals surface area contributed by atoms with Gasteiger partial charge in [0, 0.05) is 50.0 Å². The van der Waals surface area contributed by atoms with Crippen LogP contribution in [0.25, 0.3) is 11.1 Å². The number of benzene rings is 3. The monoisotopic (exact) mass is 672 g/mol. The van der Waals surface area contributed by atoms with Crippen molar-refractivity contribution in [1.82, 2.24) is 15.1 Å². The van der Waals surface area contributed by atoms with Crippen molar-refractivity contribution in [2.24, 2.45) is 0 Å². The Morgan fingerprint density at radius 2 is 1.47 bits per heavy atom. The first-order valence-electron chi connectivity index (χ1n) is 17.7. The summed E-state index contributed by atoms with van der Waals surface area (Å²) in [5.41, 5.74) is 4.03. The number of hydrogen-bond donors (Lipinski definition) is 1. The molecule has 3 aromatic carbocycles. The summed E-state index contributed by atoms with van der Waals surface area (Å²) < 4.78 is 39.6. The molecule has 49 heavy (non-hydrogen) atoms. The van der Waals surface area contributed by atoms with Crippen molar-refractivity contribution in [1.29, 1.82) is 0 Å². The number of nitrogens with zero attached hydrogens (tertiary/aromatic N) is 3. The van der Waals surface area contributed by atoms with E-state index in [0.717, 1.165) is 79.9 Å². The first-order chi connectivity index (χ1) is 23.7. The molecule has 0 bridgehead atoms. The van der Waals surface area contributed by atoms with Crippen LogP contribution in [0.15, 0.2) is 85.5 Å². The molecule has 1 N–H and O–H groups in total. The van der Waals surface area contributed by atoms with Crippen LogP contribution in [-0.2, 0) is 10.2 Å². The van der Waals surface area contributed by atoms with Crippen LogP contribution in [0.1, 0.15) is 72.9 Å². The van der Waals surface area contributed by atoms with Gasteiger partial charge in [0.1, 0.15) is 12.0 Å². The fraction of sp³-hybridized carbons (Fsp3) is 0.450. The molecule has 1 saturated heterocycles. The van der Waals surface area contributed by atoms with E-state index in [1.807, 2.05) is 71.6 Å². The molecule has 3 aliphatic rings. The molecule has 0 unspecified atom stereocenters. The first kappa shape index (κ1) is 34.7. The Labute approximate surface area is 288 Å². The third-order valence-electron chi connectivity index (χ3n) is 10.6. The molecule has 1 saturated carbocycles. The van der Waals surface area contributed by atoms with E-state index < -0.39 is 24.0 Å². The van der Waals surface area contributed by atoms with Crippen molar-refractivity contribution in [2.45, 2.75) is 69.0 Å². The van der Waals surface area contributed by atoms with Crippen molar-refractivity contribution in [2.75, 3.05) is 50.7 Å². The van der Waals surface area contributed by atoms with Gasteiger partial charge < -0.3 is 15.1 Å². The number of alkyl halides is 3. The van der Waals surface area contributed by atoms with Crippen LogP contribution in [0.3, 0.4) is 0 Å². The van der Waals surface area contributed by atoms with Gasteiger partial charge in [-0.1, -0.05) is 80.3 Å².